The number of fused-ring (bicyclic) bond motifs is 4. The predicted octanol–water partition coefficient (Wildman–Crippen LogP) is 4.52. The Balaban J connectivity index is 1.53. The number of nitrogens with zero attached hydrogens (tertiary/aromatic N) is 1. The number of aliphatic hydroxyl groups excluding tert-OH is 1. The fourth-order valence-electron chi connectivity index (χ4n) is 7.49. The zero-order valence-corrected chi connectivity index (χ0v) is 19.4. The number of hydrogen-bond donors (Lipinski definition) is 4. The standard InChI is InChI=1S/C28H35N3O2/c1-26-11-12-27(17-30)16-21-14-22(32)5-4-18(21)8-10-28(27,33)25(26)7-6-23(26)20-3-2-19(9-13-29)24(31)15-20/h2-3,6,9,13,15-16,18,22,25,32-33H,4-5,7-8,10-12,14,29,31H2,1H3/b13-9-/t18?,22?,25?,26?,27?,28-/m0/s1. The molecule has 6 atom stereocenters. The highest BCUT2D eigenvalue weighted by atomic mass is 16.3. The van der Waals surface area contributed by atoms with Crippen LogP contribution in [0.15, 0.2) is 42.1 Å². The highest BCUT2D eigenvalue weighted by Crippen LogP contribution is 2.66. The van der Waals surface area contributed by atoms with Crippen molar-refractivity contribution in [1.29, 1.82) is 5.26 Å². The van der Waals surface area contributed by atoms with Gasteiger partial charge in [-0.1, -0.05) is 36.8 Å². The number of benzene rings is 1. The van der Waals surface area contributed by atoms with Crippen LogP contribution in [-0.2, 0) is 0 Å². The Labute approximate surface area is 196 Å². The fourth-order valence-corrected chi connectivity index (χ4v) is 7.49. The Morgan fingerprint density at radius 1 is 1.18 bits per heavy atom. The third-order valence-electron chi connectivity index (χ3n) is 9.35. The van der Waals surface area contributed by atoms with Crippen LogP contribution in [0.5, 0.6) is 0 Å². The van der Waals surface area contributed by atoms with E-state index in [1.807, 2.05) is 12.1 Å². The molecule has 0 amide bonds. The van der Waals surface area contributed by atoms with E-state index in [4.69, 9.17) is 11.5 Å². The van der Waals surface area contributed by atoms with Crippen LogP contribution in [0, 0.1) is 34.0 Å². The molecule has 2 saturated carbocycles. The summed E-state index contributed by atoms with van der Waals surface area (Å²) >= 11 is 0. The monoisotopic (exact) mass is 445 g/mol. The summed E-state index contributed by atoms with van der Waals surface area (Å²) in [6.45, 7) is 2.26. The molecule has 4 aliphatic carbocycles. The summed E-state index contributed by atoms with van der Waals surface area (Å²) in [4.78, 5) is 0. The van der Waals surface area contributed by atoms with Gasteiger partial charge in [0.15, 0.2) is 0 Å². The van der Waals surface area contributed by atoms with E-state index >= 15 is 0 Å². The van der Waals surface area contributed by atoms with Crippen LogP contribution in [0.25, 0.3) is 11.6 Å². The average molecular weight is 446 g/mol. The van der Waals surface area contributed by atoms with E-state index < -0.39 is 11.0 Å². The molecule has 1 aromatic rings. The maximum atomic E-state index is 12.4. The first-order valence-electron chi connectivity index (χ1n) is 12.3. The minimum absolute atomic E-state index is 0.0276. The molecule has 0 bridgehead atoms. The second-order valence-corrected chi connectivity index (χ2v) is 10.9. The van der Waals surface area contributed by atoms with Gasteiger partial charge in [0.05, 0.1) is 17.8 Å². The van der Waals surface area contributed by atoms with Gasteiger partial charge in [-0.25, -0.2) is 0 Å². The van der Waals surface area contributed by atoms with Crippen molar-refractivity contribution in [3.8, 4) is 6.07 Å². The van der Waals surface area contributed by atoms with Gasteiger partial charge in [-0.3, -0.25) is 0 Å². The highest BCUT2D eigenvalue weighted by molar-refractivity contribution is 5.78. The summed E-state index contributed by atoms with van der Waals surface area (Å²) in [6, 6.07) is 8.69. The minimum Gasteiger partial charge on any atom is -0.405 e. The van der Waals surface area contributed by atoms with Gasteiger partial charge in [0.2, 0.25) is 0 Å². The van der Waals surface area contributed by atoms with Gasteiger partial charge in [0.25, 0.3) is 0 Å². The Hall–Kier alpha value is -2.55. The lowest BCUT2D eigenvalue weighted by Crippen LogP contribution is -2.59. The van der Waals surface area contributed by atoms with Crippen molar-refractivity contribution >= 4 is 17.3 Å². The predicted molar refractivity (Wildman–Crippen MR) is 131 cm³/mol. The largest absolute Gasteiger partial charge is 0.405 e. The van der Waals surface area contributed by atoms with Crippen molar-refractivity contribution in [2.45, 2.75) is 70.0 Å². The average Bonchev–Trinajstić information content (AvgIpc) is 3.09. The van der Waals surface area contributed by atoms with Crippen molar-refractivity contribution in [2.75, 3.05) is 5.73 Å². The van der Waals surface area contributed by atoms with E-state index in [0.717, 1.165) is 43.2 Å². The van der Waals surface area contributed by atoms with E-state index in [2.05, 4.69) is 31.2 Å². The number of allylic oxidation sites excluding steroid dienone is 2. The molecule has 0 radical (unpaired) electrons. The first-order valence-corrected chi connectivity index (χ1v) is 12.3. The SMILES string of the molecule is CC12CCC3(C#N)C=C4CC(O)CCC4CC[C@]3(O)C1CC=C2c1ccc(/C=C\N)c(N)c1. The molecule has 4 aliphatic rings. The Morgan fingerprint density at radius 3 is 2.73 bits per heavy atom. The molecule has 0 heterocycles. The molecule has 33 heavy (non-hydrogen) atoms. The Kier molecular flexibility index (Phi) is 5.23. The van der Waals surface area contributed by atoms with Gasteiger partial charge < -0.3 is 21.7 Å². The second kappa shape index (κ2) is 7.75. The van der Waals surface area contributed by atoms with Gasteiger partial charge in [0.1, 0.15) is 5.41 Å². The molecule has 174 valence electrons. The minimum atomic E-state index is -1.09. The third kappa shape index (κ3) is 3.19. The molecule has 0 spiro atoms. The Bertz CT molecular complexity index is 1100. The molecule has 0 aliphatic heterocycles. The van der Waals surface area contributed by atoms with Crippen LogP contribution in [0.2, 0.25) is 0 Å². The Morgan fingerprint density at radius 2 is 2.00 bits per heavy atom. The second-order valence-electron chi connectivity index (χ2n) is 10.9. The van der Waals surface area contributed by atoms with Gasteiger partial charge >= 0.3 is 0 Å². The van der Waals surface area contributed by atoms with Crippen LogP contribution in [0.4, 0.5) is 5.69 Å². The molecule has 5 nitrogen and oxygen atoms in total. The fraction of sp³-hybridized carbons (Fsp3) is 0.536. The molecule has 0 aromatic heterocycles. The van der Waals surface area contributed by atoms with Crippen LogP contribution in [0.3, 0.4) is 0 Å². The molecule has 0 saturated heterocycles. The van der Waals surface area contributed by atoms with Crippen molar-refractivity contribution in [2.24, 2.45) is 28.4 Å². The summed E-state index contributed by atoms with van der Waals surface area (Å²) < 4.78 is 0. The molecule has 2 fully saturated rings. The molecule has 5 rings (SSSR count). The van der Waals surface area contributed by atoms with E-state index in [1.165, 1.54) is 17.3 Å². The summed E-state index contributed by atoms with van der Waals surface area (Å²) in [7, 11) is 0. The van der Waals surface area contributed by atoms with Gasteiger partial charge in [0, 0.05) is 11.6 Å². The zero-order valence-electron chi connectivity index (χ0n) is 19.4. The topological polar surface area (TPSA) is 116 Å². The quantitative estimate of drug-likeness (QED) is 0.394. The third-order valence-corrected chi connectivity index (χ3v) is 9.35. The van der Waals surface area contributed by atoms with Gasteiger partial charge in [-0.15, -0.1) is 0 Å². The first kappa shape index (κ1) is 22.3. The summed E-state index contributed by atoms with van der Waals surface area (Å²) in [5, 5.41) is 33.1. The number of hydrogen-bond acceptors (Lipinski definition) is 5. The number of anilines is 1. The van der Waals surface area contributed by atoms with Crippen LogP contribution in [-0.4, -0.2) is 21.9 Å². The zero-order chi connectivity index (χ0) is 23.4. The van der Waals surface area contributed by atoms with Crippen molar-refractivity contribution in [3.05, 3.63) is 53.3 Å². The summed E-state index contributed by atoms with van der Waals surface area (Å²) in [5.74, 6) is 0.344. The lowest BCUT2D eigenvalue weighted by molar-refractivity contribution is -0.143. The maximum absolute atomic E-state index is 12.4. The molecule has 6 N–H and O–H groups in total. The number of rotatable bonds is 2. The number of nitriles is 1. The molecule has 5 heteroatoms. The number of nitrogen functional groups attached to an aromatic ring is 1. The molecule has 5 unspecified atom stereocenters. The van der Waals surface area contributed by atoms with Crippen molar-refractivity contribution in [1.82, 2.24) is 0 Å². The number of nitrogens with two attached hydrogens (primary N) is 2. The molecule has 1 aromatic carbocycles. The summed E-state index contributed by atoms with van der Waals surface area (Å²) in [5.41, 5.74) is 14.7. The lowest BCUT2D eigenvalue weighted by atomic mass is 9.49. The van der Waals surface area contributed by atoms with E-state index in [1.54, 1.807) is 6.08 Å². The maximum Gasteiger partial charge on any atom is 0.105 e. The van der Waals surface area contributed by atoms with E-state index in [9.17, 15) is 15.5 Å². The normalized spacial score (nSPS) is 40.1. The lowest BCUT2D eigenvalue weighted by Gasteiger charge is -2.56. The van der Waals surface area contributed by atoms with Crippen molar-refractivity contribution < 1.29 is 10.2 Å². The van der Waals surface area contributed by atoms with E-state index in [-0.39, 0.29) is 17.4 Å². The van der Waals surface area contributed by atoms with Crippen molar-refractivity contribution in [3.63, 3.8) is 0 Å². The molecular weight excluding hydrogens is 410 g/mol. The van der Waals surface area contributed by atoms with Gasteiger partial charge in [-0.2, -0.15) is 5.26 Å². The van der Waals surface area contributed by atoms with Crippen LogP contribution >= 0.6 is 0 Å². The smallest absolute Gasteiger partial charge is 0.105 e. The number of aliphatic hydroxyl groups is 2. The molecular formula is C28H35N3O2. The van der Waals surface area contributed by atoms with Crippen LogP contribution < -0.4 is 11.5 Å². The first-order chi connectivity index (χ1) is 15.8. The van der Waals surface area contributed by atoms with Crippen LogP contribution in [0.1, 0.15) is 69.4 Å². The van der Waals surface area contributed by atoms with Gasteiger partial charge in [-0.05, 0) is 97.7 Å². The highest BCUT2D eigenvalue weighted by Gasteiger charge is 2.65. The summed E-state index contributed by atoms with van der Waals surface area (Å²) in [6.07, 6.45) is 13.4. The van der Waals surface area contributed by atoms with E-state index in [0.29, 0.717) is 30.9 Å².